The molecule has 0 amide bonds. The van der Waals surface area contributed by atoms with Gasteiger partial charge in [-0.15, -0.1) is 0 Å². The molecular formula is C29H25ClFN5O4S. The zero-order valence-electron chi connectivity index (χ0n) is 22.1. The Kier molecular flexibility index (Phi) is 8.18. The molecule has 0 saturated heterocycles. The van der Waals surface area contributed by atoms with Crippen molar-refractivity contribution in [1.29, 1.82) is 0 Å². The van der Waals surface area contributed by atoms with E-state index in [1.165, 1.54) is 25.6 Å². The van der Waals surface area contributed by atoms with Gasteiger partial charge in [-0.1, -0.05) is 29.8 Å². The molecule has 12 heteroatoms. The second-order valence-electron chi connectivity index (χ2n) is 8.93. The molecule has 0 fully saturated rings. The van der Waals surface area contributed by atoms with Crippen molar-refractivity contribution in [2.24, 2.45) is 0 Å². The number of nitrogens with one attached hydrogen (secondary N) is 2. The number of rotatable bonds is 10. The normalized spacial score (nSPS) is 11.3. The van der Waals surface area contributed by atoms with E-state index in [2.05, 4.69) is 25.0 Å². The van der Waals surface area contributed by atoms with E-state index in [1.807, 2.05) is 24.3 Å². The lowest BCUT2D eigenvalue weighted by molar-refractivity contribution is 0.306. The molecule has 0 radical (unpaired) electrons. The van der Waals surface area contributed by atoms with Gasteiger partial charge in [-0.2, -0.15) is 0 Å². The van der Waals surface area contributed by atoms with Crippen LogP contribution >= 0.6 is 11.6 Å². The molecule has 0 bridgehead atoms. The number of aromatic nitrogens is 3. The summed E-state index contributed by atoms with van der Waals surface area (Å²) >= 11 is 6.48. The van der Waals surface area contributed by atoms with Crippen LogP contribution in [-0.2, 0) is 16.6 Å². The number of sulfonamides is 1. The van der Waals surface area contributed by atoms with Crippen LogP contribution in [0.3, 0.4) is 0 Å². The number of fused-ring (bicyclic) bond motifs is 1. The van der Waals surface area contributed by atoms with Gasteiger partial charge in [0.05, 0.1) is 23.4 Å². The lowest BCUT2D eigenvalue weighted by Crippen LogP contribution is -2.15. The predicted octanol–water partition coefficient (Wildman–Crippen LogP) is 6.58. The van der Waals surface area contributed by atoms with E-state index in [4.69, 9.17) is 21.1 Å². The second kappa shape index (κ2) is 11.9. The summed E-state index contributed by atoms with van der Waals surface area (Å²) in [5, 5.41) is 4.40. The number of hydrogen-bond acceptors (Lipinski definition) is 8. The Balaban J connectivity index is 1.40. The molecular weight excluding hydrogens is 569 g/mol. The fourth-order valence-electron chi connectivity index (χ4n) is 4.00. The Morgan fingerprint density at radius 1 is 0.951 bits per heavy atom. The third kappa shape index (κ3) is 6.64. The molecule has 2 heterocycles. The maximum atomic E-state index is 13.1. The summed E-state index contributed by atoms with van der Waals surface area (Å²) in [6.45, 7) is 1.79. The average Bonchev–Trinajstić information content (AvgIpc) is 2.97. The van der Waals surface area contributed by atoms with Crippen LogP contribution in [0.5, 0.6) is 11.6 Å². The Labute approximate surface area is 241 Å². The molecule has 9 nitrogen and oxygen atoms in total. The maximum Gasteiger partial charge on any atom is 0.238 e. The molecule has 0 aliphatic carbocycles. The summed E-state index contributed by atoms with van der Waals surface area (Å²) < 4.78 is 51.1. The van der Waals surface area contributed by atoms with E-state index in [0.29, 0.717) is 33.4 Å². The standard InChI is InChI=1S/C29H25ClFN5O4S/c1-3-41(37,38)36-26-13-20(15-32-29(26)39-2)19-6-10-25-23(12-19)28(34-17-33-25)35-22-9-11-27(24(30)14-22)40-16-18-4-7-21(31)8-5-18/h4-15,17,36H,3,16H2,1-2H3,(H,33,34,35). The first kappa shape index (κ1) is 28.1. The third-order valence-corrected chi connectivity index (χ3v) is 7.75. The molecule has 0 spiro atoms. The smallest absolute Gasteiger partial charge is 0.238 e. The van der Waals surface area contributed by atoms with E-state index in [1.54, 1.807) is 43.5 Å². The van der Waals surface area contributed by atoms with Crippen molar-refractivity contribution in [3.8, 4) is 22.8 Å². The first-order chi connectivity index (χ1) is 19.7. The highest BCUT2D eigenvalue weighted by Gasteiger charge is 2.15. The van der Waals surface area contributed by atoms with Gasteiger partial charge < -0.3 is 14.8 Å². The van der Waals surface area contributed by atoms with Crippen molar-refractivity contribution in [2.75, 3.05) is 22.9 Å². The summed E-state index contributed by atoms with van der Waals surface area (Å²) in [4.78, 5) is 13.1. The molecule has 0 aliphatic rings. The number of hydrogen-bond donors (Lipinski definition) is 2. The van der Waals surface area contributed by atoms with Gasteiger partial charge in [-0.25, -0.2) is 27.8 Å². The van der Waals surface area contributed by atoms with Crippen LogP contribution in [0.4, 0.5) is 21.6 Å². The summed E-state index contributed by atoms with van der Waals surface area (Å²) in [7, 11) is -2.12. The second-order valence-corrected chi connectivity index (χ2v) is 11.3. The molecule has 41 heavy (non-hydrogen) atoms. The quantitative estimate of drug-likeness (QED) is 0.187. The first-order valence-electron chi connectivity index (χ1n) is 12.5. The van der Waals surface area contributed by atoms with E-state index in [-0.39, 0.29) is 29.7 Å². The van der Waals surface area contributed by atoms with Crippen LogP contribution in [-0.4, -0.2) is 36.2 Å². The minimum absolute atomic E-state index is 0.0892. The maximum absolute atomic E-state index is 13.1. The molecule has 3 aromatic carbocycles. The molecule has 2 N–H and O–H groups in total. The number of benzene rings is 3. The highest BCUT2D eigenvalue weighted by Crippen LogP contribution is 2.34. The summed E-state index contributed by atoms with van der Waals surface area (Å²) in [5.74, 6) is 0.795. The van der Waals surface area contributed by atoms with E-state index in [0.717, 1.165) is 16.5 Å². The monoisotopic (exact) mass is 593 g/mol. The minimum atomic E-state index is -3.54. The number of halogens is 2. The van der Waals surface area contributed by atoms with Crippen LogP contribution < -0.4 is 19.5 Å². The summed E-state index contributed by atoms with van der Waals surface area (Å²) in [6.07, 6.45) is 3.06. The predicted molar refractivity (Wildman–Crippen MR) is 158 cm³/mol. The largest absolute Gasteiger partial charge is 0.487 e. The van der Waals surface area contributed by atoms with E-state index < -0.39 is 10.0 Å². The summed E-state index contributed by atoms with van der Waals surface area (Å²) in [6, 6.07) is 18.6. The number of anilines is 3. The van der Waals surface area contributed by atoms with Gasteiger partial charge in [-0.3, -0.25) is 4.72 Å². The molecule has 0 atom stereocenters. The zero-order chi connectivity index (χ0) is 29.0. The van der Waals surface area contributed by atoms with Gasteiger partial charge in [0, 0.05) is 22.8 Å². The van der Waals surface area contributed by atoms with Crippen LogP contribution in [0.15, 0.2) is 79.3 Å². The number of ether oxygens (including phenoxy) is 2. The average molecular weight is 594 g/mol. The highest BCUT2D eigenvalue weighted by atomic mass is 35.5. The fourth-order valence-corrected chi connectivity index (χ4v) is 4.86. The van der Waals surface area contributed by atoms with Crippen molar-refractivity contribution in [3.63, 3.8) is 0 Å². The Bertz CT molecular complexity index is 1820. The number of nitrogens with zero attached hydrogens (tertiary/aromatic N) is 3. The molecule has 0 unspecified atom stereocenters. The van der Waals surface area contributed by atoms with Crippen LogP contribution in [0.25, 0.3) is 22.0 Å². The van der Waals surface area contributed by atoms with Crippen molar-refractivity contribution in [3.05, 3.63) is 95.7 Å². The van der Waals surface area contributed by atoms with Gasteiger partial charge in [0.25, 0.3) is 0 Å². The molecule has 0 aliphatic heterocycles. The van der Waals surface area contributed by atoms with Crippen LogP contribution in [0.1, 0.15) is 12.5 Å². The minimum Gasteiger partial charge on any atom is -0.487 e. The zero-order valence-corrected chi connectivity index (χ0v) is 23.6. The van der Waals surface area contributed by atoms with Gasteiger partial charge in [0.15, 0.2) is 0 Å². The van der Waals surface area contributed by atoms with Gasteiger partial charge in [-0.05, 0) is 66.6 Å². The molecule has 5 rings (SSSR count). The molecule has 210 valence electrons. The third-order valence-electron chi connectivity index (χ3n) is 6.16. The topological polar surface area (TPSA) is 115 Å². The Hall–Kier alpha value is -4.48. The van der Waals surface area contributed by atoms with Crippen molar-refractivity contribution in [2.45, 2.75) is 13.5 Å². The van der Waals surface area contributed by atoms with Gasteiger partial charge in [0.1, 0.15) is 36.0 Å². The molecule has 0 saturated carbocycles. The lowest BCUT2D eigenvalue weighted by atomic mass is 10.0. The van der Waals surface area contributed by atoms with Crippen LogP contribution in [0.2, 0.25) is 5.02 Å². The number of methoxy groups -OCH3 is 1. The van der Waals surface area contributed by atoms with Gasteiger partial charge in [0.2, 0.25) is 15.9 Å². The van der Waals surface area contributed by atoms with Crippen molar-refractivity contribution in [1.82, 2.24) is 15.0 Å². The molecule has 2 aromatic heterocycles. The molecule has 5 aromatic rings. The van der Waals surface area contributed by atoms with Gasteiger partial charge >= 0.3 is 0 Å². The van der Waals surface area contributed by atoms with E-state index in [9.17, 15) is 12.8 Å². The van der Waals surface area contributed by atoms with Crippen LogP contribution in [0, 0.1) is 5.82 Å². The van der Waals surface area contributed by atoms with E-state index >= 15 is 0 Å². The SMILES string of the molecule is CCS(=O)(=O)Nc1cc(-c2ccc3ncnc(Nc4ccc(OCc5ccc(F)cc5)c(Cl)c4)c3c2)cnc1OC. The Morgan fingerprint density at radius 3 is 2.49 bits per heavy atom. The lowest BCUT2D eigenvalue weighted by Gasteiger charge is -2.13. The number of pyridine rings is 1. The van der Waals surface area contributed by atoms with Crippen molar-refractivity contribution < 1.29 is 22.3 Å². The Morgan fingerprint density at radius 2 is 1.76 bits per heavy atom. The van der Waals surface area contributed by atoms with Crippen molar-refractivity contribution >= 4 is 49.7 Å². The fraction of sp³-hybridized carbons (Fsp3) is 0.138. The highest BCUT2D eigenvalue weighted by molar-refractivity contribution is 7.92. The first-order valence-corrected chi connectivity index (χ1v) is 14.5. The summed E-state index contributed by atoms with van der Waals surface area (Å²) in [5.41, 5.74) is 3.87.